The zero-order valence-corrected chi connectivity index (χ0v) is 18.1. The van der Waals surface area contributed by atoms with Gasteiger partial charge in [-0.05, 0) is 25.0 Å². The van der Waals surface area contributed by atoms with Crippen molar-refractivity contribution < 1.29 is 18.1 Å². The van der Waals surface area contributed by atoms with E-state index >= 15 is 0 Å². The predicted octanol–water partition coefficient (Wildman–Crippen LogP) is 3.81. The average Bonchev–Trinajstić information content (AvgIpc) is 2.55. The molecule has 2 atom stereocenters. The van der Waals surface area contributed by atoms with Gasteiger partial charge in [0.2, 0.25) is 0 Å². The summed E-state index contributed by atoms with van der Waals surface area (Å²) in [6, 6.07) is 4.68. The van der Waals surface area contributed by atoms with Crippen molar-refractivity contribution in [1.82, 2.24) is 0 Å². The van der Waals surface area contributed by atoms with Crippen LogP contribution in [-0.4, -0.2) is 34.0 Å². The van der Waals surface area contributed by atoms with E-state index in [9.17, 15) is 23.3 Å². The van der Waals surface area contributed by atoms with Crippen molar-refractivity contribution in [2.75, 3.05) is 0 Å². The monoisotopic (exact) mass is 506 g/mol. The molecule has 0 saturated carbocycles. The third-order valence-electron chi connectivity index (χ3n) is 3.95. The first-order chi connectivity index (χ1) is 11.9. The summed E-state index contributed by atoms with van der Waals surface area (Å²) in [5, 5.41) is 10.9. The Labute approximate surface area is 168 Å². The molecule has 26 heavy (non-hydrogen) atoms. The van der Waals surface area contributed by atoms with Gasteiger partial charge >= 0.3 is 0 Å². The molecule has 0 amide bonds. The van der Waals surface area contributed by atoms with Crippen LogP contribution in [-0.2, 0) is 14.8 Å². The molecule has 0 radical (unpaired) electrons. The number of hydrogen-bond donors (Lipinski definition) is 0. The van der Waals surface area contributed by atoms with Crippen molar-refractivity contribution in [3.63, 3.8) is 0 Å². The van der Waals surface area contributed by atoms with E-state index in [0.717, 1.165) is 6.07 Å². The largest absolute Gasteiger partial charge is 0.293 e. The molecule has 2 rings (SSSR count). The maximum atomic E-state index is 12.7. The fourth-order valence-electron chi connectivity index (χ4n) is 2.39. The first kappa shape index (κ1) is 20.9. The highest BCUT2D eigenvalue weighted by Gasteiger charge is 2.45. The second-order valence-corrected chi connectivity index (χ2v) is 10.4. The molecule has 0 heterocycles. The highest BCUT2D eigenvalue weighted by atomic mass is 79.9. The number of hydrogen-bond acceptors (Lipinski definition) is 5. The molecular weight excluding hydrogens is 492 g/mol. The molecule has 0 bridgehead atoms. The number of carbonyl (C=O) groups excluding carboxylic acids is 1. The first-order valence-corrected chi connectivity index (χ1v) is 10.7. The summed E-state index contributed by atoms with van der Waals surface area (Å²) in [5.41, 5.74) is 0.259. The Balaban J connectivity index is 2.63. The molecule has 1 aliphatic rings. The molecule has 0 unspecified atom stereocenters. The number of halogens is 2. The molecule has 0 N–H and O–H groups in total. The van der Waals surface area contributed by atoms with E-state index in [-0.39, 0.29) is 28.0 Å². The SMILES string of the molecule is CC(C)C1=CC(=NS(=O)(=O)c2cccc([N+](=O)[O-])c2)[C@@](C)(Br)[C@@H](Br)C1=O. The van der Waals surface area contributed by atoms with Crippen LogP contribution in [0.5, 0.6) is 0 Å². The predicted molar refractivity (Wildman–Crippen MR) is 106 cm³/mol. The summed E-state index contributed by atoms with van der Waals surface area (Å²) in [4.78, 5) is 21.7. The maximum absolute atomic E-state index is 12.7. The van der Waals surface area contributed by atoms with Gasteiger partial charge in [-0.1, -0.05) is 51.8 Å². The standard InChI is InChI=1S/C16H16Br2N2O5S/c1-9(2)12-8-13(16(3,18)15(17)14(12)21)19-26(24,25)11-6-4-5-10(7-11)20(22)23/h4-9,15H,1-3H3/t15-,16+/m0/s1. The van der Waals surface area contributed by atoms with Crippen LogP contribution in [0.25, 0.3) is 0 Å². The number of nitrogens with zero attached hydrogens (tertiary/aromatic N) is 2. The summed E-state index contributed by atoms with van der Waals surface area (Å²) in [6.07, 6.45) is 1.47. The zero-order chi connectivity index (χ0) is 19.9. The van der Waals surface area contributed by atoms with Crippen molar-refractivity contribution in [3.05, 3.63) is 46.0 Å². The number of carbonyl (C=O) groups is 1. The van der Waals surface area contributed by atoms with Crippen LogP contribution >= 0.6 is 31.9 Å². The molecule has 0 aliphatic heterocycles. The molecule has 0 saturated heterocycles. The lowest BCUT2D eigenvalue weighted by molar-refractivity contribution is -0.385. The van der Waals surface area contributed by atoms with Crippen LogP contribution in [0, 0.1) is 16.0 Å². The molecular formula is C16H16Br2N2O5S. The van der Waals surface area contributed by atoms with Crippen LogP contribution in [0.1, 0.15) is 20.8 Å². The van der Waals surface area contributed by atoms with Crippen LogP contribution < -0.4 is 0 Å². The molecule has 0 aromatic heterocycles. The fourth-order valence-corrected chi connectivity index (χ4v) is 4.54. The second-order valence-electron chi connectivity index (χ2n) is 6.26. The Hall–Kier alpha value is -1.39. The molecule has 7 nitrogen and oxygen atoms in total. The Morgan fingerprint density at radius 2 is 1.96 bits per heavy atom. The van der Waals surface area contributed by atoms with Crippen LogP contribution in [0.4, 0.5) is 5.69 Å². The highest BCUT2D eigenvalue weighted by Crippen LogP contribution is 2.38. The molecule has 0 spiro atoms. The molecule has 1 aromatic rings. The van der Waals surface area contributed by atoms with Crippen molar-refractivity contribution in [3.8, 4) is 0 Å². The quantitative estimate of drug-likeness (QED) is 0.350. The van der Waals surface area contributed by atoms with Gasteiger partial charge in [0, 0.05) is 17.7 Å². The van der Waals surface area contributed by atoms with Crippen LogP contribution in [0.15, 0.2) is 45.2 Å². The summed E-state index contributed by atoms with van der Waals surface area (Å²) in [7, 11) is -4.20. The van der Waals surface area contributed by atoms with Gasteiger partial charge in [-0.15, -0.1) is 0 Å². The number of allylic oxidation sites excluding steroid dienone is 2. The number of rotatable bonds is 4. The van der Waals surface area contributed by atoms with E-state index in [4.69, 9.17) is 0 Å². The number of ketones is 1. The molecule has 0 fully saturated rings. The lowest BCUT2D eigenvalue weighted by Crippen LogP contribution is -2.47. The Kier molecular flexibility index (Phi) is 5.89. The van der Waals surface area contributed by atoms with Crippen molar-refractivity contribution in [2.24, 2.45) is 10.3 Å². The third-order valence-corrected chi connectivity index (χ3v) is 8.05. The van der Waals surface area contributed by atoms with Crippen molar-refractivity contribution >= 4 is 59.1 Å². The van der Waals surface area contributed by atoms with Gasteiger partial charge < -0.3 is 0 Å². The molecule has 1 aromatic carbocycles. The number of nitro benzene ring substituents is 1. The Bertz CT molecular complexity index is 936. The van der Waals surface area contributed by atoms with Gasteiger partial charge in [-0.25, -0.2) is 0 Å². The van der Waals surface area contributed by atoms with E-state index in [2.05, 4.69) is 36.3 Å². The Morgan fingerprint density at radius 3 is 2.50 bits per heavy atom. The number of benzene rings is 1. The minimum atomic E-state index is -4.20. The normalized spacial score (nSPS) is 25.5. The summed E-state index contributed by atoms with van der Waals surface area (Å²) in [5.74, 6) is -0.261. The van der Waals surface area contributed by atoms with E-state index in [1.54, 1.807) is 6.92 Å². The minimum absolute atomic E-state index is 0.114. The minimum Gasteiger partial charge on any atom is -0.293 e. The third kappa shape index (κ3) is 3.96. The van der Waals surface area contributed by atoms with Crippen molar-refractivity contribution in [1.29, 1.82) is 0 Å². The van der Waals surface area contributed by atoms with E-state index in [1.165, 1.54) is 24.3 Å². The fraction of sp³-hybridized carbons (Fsp3) is 0.375. The smallest absolute Gasteiger partial charge is 0.282 e. The number of non-ortho nitro benzene ring substituents is 1. The van der Waals surface area contributed by atoms with Gasteiger partial charge in [-0.3, -0.25) is 14.9 Å². The number of Topliss-reactive ketones (excluding diaryl/α,β-unsaturated/α-hetero) is 1. The summed E-state index contributed by atoms with van der Waals surface area (Å²) < 4.78 is 28.2. The van der Waals surface area contributed by atoms with Gasteiger partial charge in [0.15, 0.2) is 5.78 Å². The van der Waals surface area contributed by atoms with E-state index in [1.807, 2.05) is 13.8 Å². The first-order valence-electron chi connectivity index (χ1n) is 7.56. The summed E-state index contributed by atoms with van der Waals surface area (Å²) in [6.45, 7) is 5.29. The van der Waals surface area contributed by atoms with Crippen molar-refractivity contribution in [2.45, 2.75) is 34.8 Å². The number of nitro groups is 1. The Morgan fingerprint density at radius 1 is 1.35 bits per heavy atom. The number of sulfonamides is 1. The lowest BCUT2D eigenvalue weighted by atomic mass is 9.83. The van der Waals surface area contributed by atoms with Gasteiger partial charge in [0.05, 0.1) is 24.7 Å². The zero-order valence-electron chi connectivity index (χ0n) is 14.1. The van der Waals surface area contributed by atoms with E-state index < -0.39 is 24.1 Å². The maximum Gasteiger partial charge on any atom is 0.282 e. The van der Waals surface area contributed by atoms with Crippen LogP contribution in [0.2, 0.25) is 0 Å². The lowest BCUT2D eigenvalue weighted by Gasteiger charge is -2.33. The van der Waals surface area contributed by atoms with Gasteiger partial charge in [-0.2, -0.15) is 12.8 Å². The topological polar surface area (TPSA) is 107 Å². The molecule has 140 valence electrons. The highest BCUT2D eigenvalue weighted by molar-refractivity contribution is 9.13. The second kappa shape index (κ2) is 7.32. The number of alkyl halides is 2. The average molecular weight is 508 g/mol. The van der Waals surface area contributed by atoms with E-state index in [0.29, 0.717) is 5.57 Å². The van der Waals surface area contributed by atoms with Gasteiger partial charge in [0.25, 0.3) is 15.7 Å². The van der Waals surface area contributed by atoms with Crippen LogP contribution in [0.3, 0.4) is 0 Å². The molecule has 10 heteroatoms. The summed E-state index contributed by atoms with van der Waals surface area (Å²) >= 11 is 6.71. The molecule has 1 aliphatic carbocycles. The van der Waals surface area contributed by atoms with Gasteiger partial charge in [0.1, 0.15) is 0 Å².